The molecule has 4 heteroatoms. The van der Waals surface area contributed by atoms with Crippen molar-refractivity contribution in [3.05, 3.63) is 35.9 Å². The lowest BCUT2D eigenvalue weighted by Gasteiger charge is -2.00. The fourth-order valence-electron chi connectivity index (χ4n) is 1.93. The highest BCUT2D eigenvalue weighted by Gasteiger charge is 2.36. The minimum Gasteiger partial charge on any atom is -0.469 e. The van der Waals surface area contributed by atoms with Crippen molar-refractivity contribution in [2.75, 3.05) is 13.7 Å². The van der Waals surface area contributed by atoms with Crippen molar-refractivity contribution in [3.8, 4) is 0 Å². The molecule has 0 amide bonds. The van der Waals surface area contributed by atoms with Gasteiger partial charge in [0.1, 0.15) is 0 Å². The molecule has 1 aliphatic heterocycles. The highest BCUT2D eigenvalue weighted by Crippen LogP contribution is 2.36. The number of carbonyl (C=O) groups excluding carboxylic acids is 1. The van der Waals surface area contributed by atoms with E-state index < -0.39 is 0 Å². The van der Waals surface area contributed by atoms with E-state index in [1.54, 1.807) is 0 Å². The fourth-order valence-corrected chi connectivity index (χ4v) is 1.93. The maximum absolute atomic E-state index is 10.9. The van der Waals surface area contributed by atoms with Crippen LogP contribution in [0.15, 0.2) is 30.3 Å². The average molecular weight is 249 g/mol. The van der Waals surface area contributed by atoms with Gasteiger partial charge in [-0.15, -0.1) is 0 Å². The lowest BCUT2D eigenvalue weighted by molar-refractivity contribution is -0.140. The molecule has 1 aliphatic rings. The van der Waals surface area contributed by atoms with Crippen molar-refractivity contribution >= 4 is 5.97 Å². The molecule has 0 aliphatic carbocycles. The first kappa shape index (κ1) is 13.1. The van der Waals surface area contributed by atoms with Crippen molar-refractivity contribution in [2.24, 2.45) is 0 Å². The van der Waals surface area contributed by atoms with Crippen LogP contribution in [-0.4, -0.2) is 24.7 Å². The highest BCUT2D eigenvalue weighted by molar-refractivity contribution is 5.68. The minimum atomic E-state index is -0.125. The van der Waals surface area contributed by atoms with Gasteiger partial charge in [0, 0.05) is 13.0 Å². The topological polar surface area (TPSA) is 41.8 Å². The summed E-state index contributed by atoms with van der Waals surface area (Å²) in [5.41, 5.74) is 1.20. The number of hydrogen-bond donors (Lipinski definition) is 0. The van der Waals surface area contributed by atoms with E-state index in [1.165, 1.54) is 12.7 Å². The van der Waals surface area contributed by atoms with E-state index in [-0.39, 0.29) is 12.2 Å². The summed E-state index contributed by atoms with van der Waals surface area (Å²) in [6, 6.07) is 10.2. The molecule has 0 radical (unpaired) electrons. The van der Waals surface area contributed by atoms with E-state index >= 15 is 0 Å². The lowest BCUT2D eigenvalue weighted by atomic mass is 10.2. The first-order valence-electron chi connectivity index (χ1n) is 6.36. The summed E-state index contributed by atoms with van der Waals surface area (Å²) in [5.74, 6) is -0.125. The maximum atomic E-state index is 10.9. The molecule has 0 saturated carbocycles. The number of esters is 1. The number of ether oxygens (including phenoxy) is 1. The molecule has 2 atom stereocenters. The monoisotopic (exact) mass is 249 g/mol. The van der Waals surface area contributed by atoms with Crippen LogP contribution in [0.25, 0.3) is 0 Å². The maximum Gasteiger partial charge on any atom is 0.305 e. The molecule has 1 heterocycles. The van der Waals surface area contributed by atoms with Crippen molar-refractivity contribution in [1.82, 2.24) is 5.06 Å². The zero-order chi connectivity index (χ0) is 12.8. The Hall–Kier alpha value is -1.39. The summed E-state index contributed by atoms with van der Waals surface area (Å²) >= 11 is 0. The lowest BCUT2D eigenvalue weighted by Crippen LogP contribution is -2.02. The van der Waals surface area contributed by atoms with Gasteiger partial charge in [0.2, 0.25) is 0 Å². The van der Waals surface area contributed by atoms with Crippen molar-refractivity contribution in [1.29, 1.82) is 0 Å². The number of methoxy groups -OCH3 is 1. The first-order valence-corrected chi connectivity index (χ1v) is 6.36. The first-order chi connectivity index (χ1) is 8.81. The summed E-state index contributed by atoms with van der Waals surface area (Å²) in [4.78, 5) is 16.4. The summed E-state index contributed by atoms with van der Waals surface area (Å²) in [6.07, 6.45) is 3.60. The predicted octanol–water partition coefficient (Wildman–Crippen LogP) is 2.67. The van der Waals surface area contributed by atoms with Gasteiger partial charge in [-0.1, -0.05) is 36.8 Å². The van der Waals surface area contributed by atoms with E-state index in [1.807, 2.05) is 23.3 Å². The number of hydrogen-bond acceptors (Lipinski definition) is 4. The Morgan fingerprint density at radius 3 is 2.78 bits per heavy atom. The van der Waals surface area contributed by atoms with Crippen LogP contribution in [-0.2, 0) is 14.4 Å². The summed E-state index contributed by atoms with van der Waals surface area (Å²) in [7, 11) is 1.43. The second-order valence-electron chi connectivity index (χ2n) is 4.40. The number of unbranched alkanes of at least 4 members (excludes halogenated alkanes) is 2. The number of rotatable bonds is 7. The molecule has 1 fully saturated rings. The SMILES string of the molecule is COC(=O)CCCCCN1OC1c1ccccc1. The third-order valence-electron chi connectivity index (χ3n) is 3.02. The number of benzene rings is 1. The van der Waals surface area contributed by atoms with Crippen LogP contribution in [0.1, 0.15) is 37.5 Å². The van der Waals surface area contributed by atoms with Gasteiger partial charge in [-0.05, 0) is 18.4 Å². The summed E-state index contributed by atoms with van der Waals surface area (Å²) < 4.78 is 4.59. The summed E-state index contributed by atoms with van der Waals surface area (Å²) in [6.45, 7) is 0.917. The Bertz CT molecular complexity index is 380. The van der Waals surface area contributed by atoms with Crippen molar-refractivity contribution in [2.45, 2.75) is 31.9 Å². The molecule has 18 heavy (non-hydrogen) atoms. The quantitative estimate of drug-likeness (QED) is 0.423. The molecule has 4 nitrogen and oxygen atoms in total. The van der Waals surface area contributed by atoms with E-state index in [0.717, 1.165) is 25.8 Å². The predicted molar refractivity (Wildman–Crippen MR) is 67.5 cm³/mol. The van der Waals surface area contributed by atoms with Gasteiger partial charge < -0.3 is 4.74 Å². The zero-order valence-corrected chi connectivity index (χ0v) is 10.7. The smallest absolute Gasteiger partial charge is 0.305 e. The van der Waals surface area contributed by atoms with Gasteiger partial charge in [0.15, 0.2) is 6.23 Å². The van der Waals surface area contributed by atoms with E-state index in [0.29, 0.717) is 6.42 Å². The molecule has 2 unspecified atom stereocenters. The number of nitrogens with zero attached hydrogens (tertiary/aromatic N) is 1. The van der Waals surface area contributed by atoms with Gasteiger partial charge >= 0.3 is 5.97 Å². The van der Waals surface area contributed by atoms with Crippen LogP contribution < -0.4 is 0 Å². The molecule has 0 aromatic heterocycles. The van der Waals surface area contributed by atoms with Gasteiger partial charge in [-0.25, -0.2) is 0 Å². The van der Waals surface area contributed by atoms with Crippen LogP contribution in [0.3, 0.4) is 0 Å². The fraction of sp³-hybridized carbons (Fsp3) is 0.500. The molecular weight excluding hydrogens is 230 g/mol. The van der Waals surface area contributed by atoms with E-state index in [9.17, 15) is 4.79 Å². The average Bonchev–Trinajstić information content (AvgIpc) is 3.18. The van der Waals surface area contributed by atoms with Crippen LogP contribution in [0.5, 0.6) is 0 Å². The normalized spacial score (nSPS) is 21.6. The third kappa shape index (κ3) is 3.82. The molecule has 98 valence electrons. The standard InChI is InChI=1S/C14H19NO3/c1-17-13(16)10-6-3-7-11-15-14(18-15)12-8-4-2-5-9-12/h2,4-5,8-9,14H,3,6-7,10-11H2,1H3. The Kier molecular flexibility index (Phi) is 4.73. The van der Waals surface area contributed by atoms with Crippen LogP contribution in [0.2, 0.25) is 0 Å². The van der Waals surface area contributed by atoms with E-state index in [2.05, 4.69) is 16.9 Å². The molecule has 2 rings (SSSR count). The molecule has 1 saturated heterocycles. The molecule has 0 bridgehead atoms. The highest BCUT2D eigenvalue weighted by atomic mass is 16.8. The van der Waals surface area contributed by atoms with Gasteiger partial charge in [0.05, 0.1) is 7.11 Å². The Morgan fingerprint density at radius 1 is 1.28 bits per heavy atom. The number of carbonyl (C=O) groups is 1. The Morgan fingerprint density at radius 2 is 2.06 bits per heavy atom. The Balaban J connectivity index is 1.56. The third-order valence-corrected chi connectivity index (χ3v) is 3.02. The second-order valence-corrected chi connectivity index (χ2v) is 4.40. The zero-order valence-electron chi connectivity index (χ0n) is 10.7. The number of hydroxylamine groups is 2. The Labute approximate surface area is 107 Å². The molecule has 1 aromatic carbocycles. The minimum absolute atomic E-state index is 0.125. The summed E-state index contributed by atoms with van der Waals surface area (Å²) in [5, 5.41) is 1.98. The van der Waals surface area contributed by atoms with Gasteiger partial charge in [-0.3, -0.25) is 9.63 Å². The van der Waals surface area contributed by atoms with Gasteiger partial charge in [0.25, 0.3) is 0 Å². The largest absolute Gasteiger partial charge is 0.469 e. The second kappa shape index (κ2) is 6.52. The van der Waals surface area contributed by atoms with Gasteiger partial charge in [-0.2, -0.15) is 5.06 Å². The van der Waals surface area contributed by atoms with E-state index in [4.69, 9.17) is 4.84 Å². The van der Waals surface area contributed by atoms with Crippen LogP contribution >= 0.6 is 0 Å². The molecule has 0 spiro atoms. The van der Waals surface area contributed by atoms with Crippen molar-refractivity contribution in [3.63, 3.8) is 0 Å². The molecular formula is C14H19NO3. The van der Waals surface area contributed by atoms with Crippen LogP contribution in [0, 0.1) is 0 Å². The van der Waals surface area contributed by atoms with Crippen LogP contribution in [0.4, 0.5) is 0 Å². The van der Waals surface area contributed by atoms with Crippen molar-refractivity contribution < 1.29 is 14.4 Å². The molecule has 1 aromatic rings. The molecule has 0 N–H and O–H groups in total.